The molecule has 7 nitrogen and oxygen atoms in total. The van der Waals surface area contributed by atoms with Crippen molar-refractivity contribution >= 4 is 22.7 Å². The van der Waals surface area contributed by atoms with Crippen LogP contribution in [0, 0.1) is 6.92 Å². The highest BCUT2D eigenvalue weighted by atomic mass is 16.2. The number of benzene rings is 1. The maximum Gasteiger partial charge on any atom is 0.243 e. The molecule has 0 radical (unpaired) electrons. The molecule has 3 aromatic rings. The van der Waals surface area contributed by atoms with E-state index < -0.39 is 6.04 Å². The normalized spacial score (nSPS) is 17.0. The highest BCUT2D eigenvalue weighted by Gasteiger charge is 2.36. The molecule has 1 saturated heterocycles. The maximum atomic E-state index is 12.7. The van der Waals surface area contributed by atoms with Gasteiger partial charge >= 0.3 is 0 Å². The average molecular weight is 365 g/mol. The fourth-order valence-corrected chi connectivity index (χ4v) is 3.67. The molecule has 0 bridgehead atoms. The molecule has 2 N–H and O–H groups in total. The van der Waals surface area contributed by atoms with E-state index in [2.05, 4.69) is 15.4 Å². The van der Waals surface area contributed by atoms with E-state index in [9.17, 15) is 9.59 Å². The molecule has 4 rings (SSSR count). The predicted octanol–water partition coefficient (Wildman–Crippen LogP) is 2.02. The second-order valence-electron chi connectivity index (χ2n) is 7.03. The van der Waals surface area contributed by atoms with Gasteiger partial charge in [0.15, 0.2) is 0 Å². The molecule has 2 amide bonds. The first kappa shape index (κ1) is 17.3. The van der Waals surface area contributed by atoms with Crippen molar-refractivity contribution in [2.75, 3.05) is 0 Å². The first-order chi connectivity index (χ1) is 13.0. The number of aromatic nitrogens is 3. The van der Waals surface area contributed by atoms with Crippen molar-refractivity contribution in [2.24, 2.45) is 7.05 Å². The van der Waals surface area contributed by atoms with Gasteiger partial charge in [-0.3, -0.25) is 14.3 Å². The lowest BCUT2D eigenvalue weighted by atomic mass is 10.1. The van der Waals surface area contributed by atoms with Crippen LogP contribution in [0.25, 0.3) is 10.9 Å². The third-order valence-corrected chi connectivity index (χ3v) is 5.44. The number of nitrogens with one attached hydrogen (secondary N) is 2. The van der Waals surface area contributed by atoms with Crippen LogP contribution in [-0.4, -0.2) is 37.5 Å². The van der Waals surface area contributed by atoms with E-state index in [0.29, 0.717) is 25.9 Å². The summed E-state index contributed by atoms with van der Waals surface area (Å²) in [5.41, 5.74) is 4.07. The molecular formula is C20H23N5O2. The van der Waals surface area contributed by atoms with Crippen LogP contribution in [0.2, 0.25) is 0 Å². The number of H-pyrrole nitrogens is 1. The van der Waals surface area contributed by atoms with Crippen LogP contribution >= 0.6 is 0 Å². The Hall–Kier alpha value is -3.09. The number of aromatic amines is 1. The van der Waals surface area contributed by atoms with E-state index in [0.717, 1.165) is 27.7 Å². The quantitative estimate of drug-likeness (QED) is 0.726. The van der Waals surface area contributed by atoms with Crippen LogP contribution < -0.4 is 5.32 Å². The number of rotatable bonds is 5. The second-order valence-corrected chi connectivity index (χ2v) is 7.03. The summed E-state index contributed by atoms with van der Waals surface area (Å²) in [6.45, 7) is 2.83. The third kappa shape index (κ3) is 3.20. The number of carbonyl (C=O) groups excluding carboxylic acids is 2. The van der Waals surface area contributed by atoms with E-state index in [-0.39, 0.29) is 11.8 Å². The van der Waals surface area contributed by atoms with Crippen LogP contribution in [0.5, 0.6) is 0 Å². The molecule has 1 aliphatic heterocycles. The second kappa shape index (κ2) is 6.90. The summed E-state index contributed by atoms with van der Waals surface area (Å²) < 4.78 is 1.78. The van der Waals surface area contributed by atoms with Gasteiger partial charge in [-0.15, -0.1) is 0 Å². The Bertz CT molecular complexity index is 1000. The average Bonchev–Trinajstić information content (AvgIpc) is 3.34. The maximum absolute atomic E-state index is 12.7. The van der Waals surface area contributed by atoms with Gasteiger partial charge in [0.05, 0.1) is 6.20 Å². The van der Waals surface area contributed by atoms with Gasteiger partial charge < -0.3 is 15.2 Å². The Morgan fingerprint density at radius 3 is 2.93 bits per heavy atom. The van der Waals surface area contributed by atoms with Gasteiger partial charge in [-0.25, -0.2) is 0 Å². The monoisotopic (exact) mass is 365 g/mol. The standard InChI is InChI=1S/C20H23N5O2/c1-13-14(11-23-24(13)2)9-22-20(27)18-7-8-19(26)25(18)12-15-10-21-17-6-4-3-5-16(15)17/h3-6,10-11,18,21H,7-9,12H2,1-2H3,(H,22,27). The largest absolute Gasteiger partial charge is 0.361 e. The van der Waals surface area contributed by atoms with Crippen LogP contribution in [0.1, 0.15) is 29.7 Å². The first-order valence-electron chi connectivity index (χ1n) is 9.14. The molecule has 1 unspecified atom stereocenters. The summed E-state index contributed by atoms with van der Waals surface area (Å²) in [7, 11) is 1.87. The Balaban J connectivity index is 1.47. The van der Waals surface area contributed by atoms with Crippen LogP contribution in [0.3, 0.4) is 0 Å². The van der Waals surface area contributed by atoms with Crippen molar-refractivity contribution in [2.45, 2.75) is 38.9 Å². The van der Waals surface area contributed by atoms with Crippen molar-refractivity contribution in [1.82, 2.24) is 25.0 Å². The van der Waals surface area contributed by atoms with Crippen molar-refractivity contribution in [3.63, 3.8) is 0 Å². The molecule has 2 aromatic heterocycles. The number of para-hydroxylation sites is 1. The number of likely N-dealkylation sites (tertiary alicyclic amines) is 1. The fourth-order valence-electron chi connectivity index (χ4n) is 3.67. The predicted molar refractivity (Wildman–Crippen MR) is 102 cm³/mol. The van der Waals surface area contributed by atoms with Gasteiger partial charge in [-0.2, -0.15) is 5.10 Å². The van der Waals surface area contributed by atoms with Crippen LogP contribution in [-0.2, 0) is 29.7 Å². The molecule has 0 aliphatic carbocycles. The Morgan fingerprint density at radius 2 is 2.15 bits per heavy atom. The van der Waals surface area contributed by atoms with Gasteiger partial charge in [0.1, 0.15) is 6.04 Å². The number of nitrogens with zero attached hydrogens (tertiary/aromatic N) is 3. The number of aryl methyl sites for hydroxylation is 1. The van der Waals surface area contributed by atoms with E-state index in [4.69, 9.17) is 0 Å². The van der Waals surface area contributed by atoms with E-state index in [1.165, 1.54) is 0 Å². The Labute approximate surface area is 157 Å². The number of fused-ring (bicyclic) bond motifs is 1. The number of hydrogen-bond acceptors (Lipinski definition) is 3. The first-order valence-corrected chi connectivity index (χ1v) is 9.14. The van der Waals surface area contributed by atoms with Crippen molar-refractivity contribution in [1.29, 1.82) is 0 Å². The van der Waals surface area contributed by atoms with E-state index in [1.54, 1.807) is 15.8 Å². The minimum atomic E-state index is -0.428. The van der Waals surface area contributed by atoms with Gasteiger partial charge in [0, 0.05) is 54.9 Å². The fraction of sp³-hybridized carbons (Fsp3) is 0.350. The minimum Gasteiger partial charge on any atom is -0.361 e. The Morgan fingerprint density at radius 1 is 1.33 bits per heavy atom. The van der Waals surface area contributed by atoms with Crippen LogP contribution in [0.4, 0.5) is 0 Å². The van der Waals surface area contributed by atoms with Gasteiger partial charge in [0.2, 0.25) is 11.8 Å². The SMILES string of the molecule is Cc1c(CNC(=O)C2CCC(=O)N2Cc2c[nH]c3ccccc23)cnn1C. The lowest BCUT2D eigenvalue weighted by molar-refractivity contribution is -0.135. The molecule has 0 spiro atoms. The van der Waals surface area contributed by atoms with E-state index in [1.807, 2.05) is 44.4 Å². The number of hydrogen-bond donors (Lipinski definition) is 2. The summed E-state index contributed by atoms with van der Waals surface area (Å²) in [6.07, 6.45) is 4.65. The van der Waals surface area contributed by atoms with Gasteiger partial charge in [-0.1, -0.05) is 18.2 Å². The molecule has 27 heavy (non-hydrogen) atoms. The zero-order chi connectivity index (χ0) is 19.0. The zero-order valence-electron chi connectivity index (χ0n) is 15.5. The highest BCUT2D eigenvalue weighted by Crippen LogP contribution is 2.25. The van der Waals surface area contributed by atoms with Gasteiger partial charge in [0.25, 0.3) is 0 Å². The summed E-state index contributed by atoms with van der Waals surface area (Å²) in [5.74, 6) is -0.0815. The molecule has 3 heterocycles. The van der Waals surface area contributed by atoms with Gasteiger partial charge in [-0.05, 0) is 25.0 Å². The van der Waals surface area contributed by atoms with E-state index >= 15 is 0 Å². The summed E-state index contributed by atoms with van der Waals surface area (Å²) in [6, 6.07) is 7.56. The van der Waals surface area contributed by atoms with Crippen molar-refractivity contribution < 1.29 is 9.59 Å². The molecule has 1 aromatic carbocycles. The number of carbonyl (C=O) groups is 2. The molecule has 7 heteroatoms. The summed E-state index contributed by atoms with van der Waals surface area (Å²) in [4.78, 5) is 30.1. The molecule has 1 fully saturated rings. The zero-order valence-corrected chi connectivity index (χ0v) is 15.5. The lowest BCUT2D eigenvalue weighted by Crippen LogP contribution is -2.44. The minimum absolute atomic E-state index is 0.0259. The number of amides is 2. The lowest BCUT2D eigenvalue weighted by Gasteiger charge is -2.24. The molecule has 140 valence electrons. The summed E-state index contributed by atoms with van der Waals surface area (Å²) >= 11 is 0. The summed E-state index contributed by atoms with van der Waals surface area (Å²) in [5, 5.41) is 8.25. The highest BCUT2D eigenvalue weighted by molar-refractivity contribution is 5.91. The topological polar surface area (TPSA) is 83.0 Å². The third-order valence-electron chi connectivity index (χ3n) is 5.44. The van der Waals surface area contributed by atoms with Crippen LogP contribution in [0.15, 0.2) is 36.7 Å². The van der Waals surface area contributed by atoms with Crippen molar-refractivity contribution in [3.8, 4) is 0 Å². The molecule has 1 aliphatic rings. The molecule has 0 saturated carbocycles. The molecular weight excluding hydrogens is 342 g/mol. The van der Waals surface area contributed by atoms with Crippen molar-refractivity contribution in [3.05, 3.63) is 53.5 Å². The smallest absolute Gasteiger partial charge is 0.243 e. The Kier molecular flexibility index (Phi) is 4.43. The molecule has 1 atom stereocenters.